The van der Waals surface area contributed by atoms with Crippen LogP contribution in [-0.2, 0) is 16.0 Å². The Kier molecular flexibility index (Phi) is 6.21. The standard InChI is InChI=1S/C28H32N2O3/c1-2-33-23-16-14-21(15-17-23)25-26(29-19-18-20-10-8-9-13-24(20)29)28(32)30(27(25)31)22-11-6-4-3-5-7-12-22/h8-10,13-17,22H,2-7,11-12,18-19H2,1H3. The van der Waals surface area contributed by atoms with E-state index >= 15 is 0 Å². The Morgan fingerprint density at radius 3 is 2.30 bits per heavy atom. The second kappa shape index (κ2) is 9.42. The number of hydrogen-bond donors (Lipinski definition) is 0. The molecular weight excluding hydrogens is 412 g/mol. The molecule has 2 aromatic rings. The summed E-state index contributed by atoms with van der Waals surface area (Å²) >= 11 is 0. The van der Waals surface area contributed by atoms with Gasteiger partial charge in [-0.25, -0.2) is 0 Å². The lowest BCUT2D eigenvalue weighted by atomic mass is 9.95. The van der Waals surface area contributed by atoms with Gasteiger partial charge in [-0.2, -0.15) is 0 Å². The summed E-state index contributed by atoms with van der Waals surface area (Å²) in [5.41, 5.74) is 4.11. The summed E-state index contributed by atoms with van der Waals surface area (Å²) in [7, 11) is 0. The van der Waals surface area contributed by atoms with Crippen molar-refractivity contribution in [3.63, 3.8) is 0 Å². The summed E-state index contributed by atoms with van der Waals surface area (Å²) in [6.45, 7) is 3.25. The van der Waals surface area contributed by atoms with Gasteiger partial charge in [0, 0.05) is 18.3 Å². The summed E-state index contributed by atoms with van der Waals surface area (Å²) in [5.74, 6) is 0.490. The van der Waals surface area contributed by atoms with Gasteiger partial charge in [-0.15, -0.1) is 0 Å². The predicted molar refractivity (Wildman–Crippen MR) is 130 cm³/mol. The van der Waals surface area contributed by atoms with Crippen LogP contribution in [0.1, 0.15) is 63.0 Å². The zero-order chi connectivity index (χ0) is 22.8. The highest BCUT2D eigenvalue weighted by molar-refractivity contribution is 6.37. The topological polar surface area (TPSA) is 49.9 Å². The number of ether oxygens (including phenoxy) is 1. The molecule has 2 aromatic carbocycles. The highest BCUT2D eigenvalue weighted by atomic mass is 16.5. The third kappa shape index (κ3) is 4.05. The van der Waals surface area contributed by atoms with E-state index in [0.717, 1.165) is 49.1 Å². The Bertz CT molecular complexity index is 1060. The van der Waals surface area contributed by atoms with Gasteiger partial charge < -0.3 is 9.64 Å². The number of hydrogen-bond acceptors (Lipinski definition) is 4. The average molecular weight is 445 g/mol. The molecule has 0 N–H and O–H groups in total. The molecule has 3 aliphatic rings. The molecule has 5 rings (SSSR count). The van der Waals surface area contributed by atoms with E-state index in [4.69, 9.17) is 4.74 Å². The summed E-state index contributed by atoms with van der Waals surface area (Å²) < 4.78 is 5.60. The van der Waals surface area contributed by atoms with Gasteiger partial charge in [0.25, 0.3) is 11.8 Å². The predicted octanol–water partition coefficient (Wildman–Crippen LogP) is 5.34. The maximum absolute atomic E-state index is 13.9. The van der Waals surface area contributed by atoms with Crippen molar-refractivity contribution in [2.24, 2.45) is 0 Å². The quantitative estimate of drug-likeness (QED) is 0.584. The van der Waals surface area contributed by atoms with Gasteiger partial charge in [-0.1, -0.05) is 62.4 Å². The van der Waals surface area contributed by atoms with Crippen LogP contribution in [0.25, 0.3) is 5.57 Å². The summed E-state index contributed by atoms with van der Waals surface area (Å²) in [6, 6.07) is 15.8. The van der Waals surface area contributed by atoms with E-state index in [1.54, 1.807) is 4.90 Å². The third-order valence-electron chi connectivity index (χ3n) is 7.14. The van der Waals surface area contributed by atoms with Crippen molar-refractivity contribution in [1.82, 2.24) is 4.90 Å². The number of nitrogens with zero attached hydrogens (tertiary/aromatic N) is 2. The van der Waals surface area contributed by atoms with Crippen molar-refractivity contribution in [1.29, 1.82) is 0 Å². The Hall–Kier alpha value is -3.08. The molecule has 2 aliphatic heterocycles. The minimum Gasteiger partial charge on any atom is -0.494 e. The summed E-state index contributed by atoms with van der Waals surface area (Å²) in [6.07, 6.45) is 8.43. The second-order valence-corrected chi connectivity index (χ2v) is 9.19. The van der Waals surface area contributed by atoms with E-state index in [1.165, 1.54) is 24.8 Å². The van der Waals surface area contributed by atoms with E-state index in [0.29, 0.717) is 24.4 Å². The third-order valence-corrected chi connectivity index (χ3v) is 7.14. The Balaban J connectivity index is 1.57. The Labute approximate surface area is 196 Å². The highest BCUT2D eigenvalue weighted by Gasteiger charge is 2.45. The number of carbonyl (C=O) groups excluding carboxylic acids is 2. The maximum Gasteiger partial charge on any atom is 0.278 e. The molecule has 0 spiro atoms. The number of fused-ring (bicyclic) bond motifs is 1. The van der Waals surface area contributed by atoms with Crippen LogP contribution in [0.3, 0.4) is 0 Å². The molecule has 172 valence electrons. The number of amides is 2. The van der Waals surface area contributed by atoms with Crippen molar-refractivity contribution in [3.8, 4) is 5.75 Å². The highest BCUT2D eigenvalue weighted by Crippen LogP contribution is 2.40. The van der Waals surface area contributed by atoms with Crippen LogP contribution in [0.5, 0.6) is 5.75 Å². The molecule has 0 aromatic heterocycles. The van der Waals surface area contributed by atoms with Crippen LogP contribution < -0.4 is 9.64 Å². The van der Waals surface area contributed by atoms with Crippen molar-refractivity contribution in [3.05, 3.63) is 65.4 Å². The minimum atomic E-state index is -0.144. The first-order valence-corrected chi connectivity index (χ1v) is 12.4. The van der Waals surface area contributed by atoms with Crippen LogP contribution >= 0.6 is 0 Å². The zero-order valence-electron chi connectivity index (χ0n) is 19.4. The van der Waals surface area contributed by atoms with Gasteiger partial charge >= 0.3 is 0 Å². The Morgan fingerprint density at radius 1 is 0.879 bits per heavy atom. The lowest BCUT2D eigenvalue weighted by Gasteiger charge is -2.29. The molecule has 0 saturated heterocycles. The SMILES string of the molecule is CCOc1ccc(C2=C(N3CCc4ccccc43)C(=O)N(C3CCCCCCC3)C2=O)cc1. The van der Waals surface area contributed by atoms with Crippen LogP contribution in [0.15, 0.2) is 54.2 Å². The first kappa shape index (κ1) is 21.7. The van der Waals surface area contributed by atoms with Crippen molar-refractivity contribution >= 4 is 23.1 Å². The van der Waals surface area contributed by atoms with E-state index in [9.17, 15) is 9.59 Å². The molecule has 0 atom stereocenters. The first-order valence-electron chi connectivity index (χ1n) is 12.4. The van der Waals surface area contributed by atoms with Crippen LogP contribution in [0, 0.1) is 0 Å². The van der Waals surface area contributed by atoms with Crippen molar-refractivity contribution in [2.75, 3.05) is 18.1 Å². The fourth-order valence-electron chi connectivity index (χ4n) is 5.53. The number of rotatable bonds is 5. The molecule has 33 heavy (non-hydrogen) atoms. The van der Waals surface area contributed by atoms with Crippen molar-refractivity contribution < 1.29 is 14.3 Å². The zero-order valence-corrected chi connectivity index (χ0v) is 19.4. The molecule has 0 bridgehead atoms. The van der Waals surface area contributed by atoms with Gasteiger partial charge in [0.2, 0.25) is 0 Å². The van der Waals surface area contributed by atoms with E-state index < -0.39 is 0 Å². The van der Waals surface area contributed by atoms with Crippen LogP contribution in [-0.4, -0.2) is 35.9 Å². The monoisotopic (exact) mass is 444 g/mol. The smallest absolute Gasteiger partial charge is 0.278 e. The molecule has 0 unspecified atom stereocenters. The molecule has 0 radical (unpaired) electrons. The normalized spacial score (nSPS) is 19.7. The first-order chi connectivity index (χ1) is 16.2. The number of para-hydroxylation sites is 1. The number of carbonyl (C=O) groups is 2. The molecule has 2 heterocycles. The van der Waals surface area contributed by atoms with E-state index in [1.807, 2.05) is 43.3 Å². The fourth-order valence-corrected chi connectivity index (χ4v) is 5.53. The van der Waals surface area contributed by atoms with Crippen molar-refractivity contribution in [2.45, 2.75) is 64.3 Å². The molecule has 1 saturated carbocycles. The summed E-state index contributed by atoms with van der Waals surface area (Å²) in [4.78, 5) is 31.5. The minimum absolute atomic E-state index is 0.0154. The molecule has 5 nitrogen and oxygen atoms in total. The second-order valence-electron chi connectivity index (χ2n) is 9.19. The largest absolute Gasteiger partial charge is 0.494 e. The molecule has 1 aliphatic carbocycles. The van der Waals surface area contributed by atoms with Gasteiger partial charge in [0.15, 0.2) is 0 Å². The van der Waals surface area contributed by atoms with E-state index in [-0.39, 0.29) is 17.9 Å². The van der Waals surface area contributed by atoms with Gasteiger partial charge in [0.1, 0.15) is 11.4 Å². The lowest BCUT2D eigenvalue weighted by molar-refractivity contribution is -0.140. The van der Waals surface area contributed by atoms with Gasteiger partial charge in [-0.3, -0.25) is 14.5 Å². The van der Waals surface area contributed by atoms with Gasteiger partial charge in [-0.05, 0) is 55.5 Å². The summed E-state index contributed by atoms with van der Waals surface area (Å²) in [5, 5.41) is 0. The fraction of sp³-hybridized carbons (Fsp3) is 0.429. The van der Waals surface area contributed by atoms with Gasteiger partial charge in [0.05, 0.1) is 12.2 Å². The lowest BCUT2D eigenvalue weighted by Crippen LogP contribution is -2.42. The molecule has 2 amide bonds. The molecular formula is C28H32N2O3. The van der Waals surface area contributed by atoms with Crippen LogP contribution in [0.4, 0.5) is 5.69 Å². The average Bonchev–Trinajstić information content (AvgIpc) is 3.33. The number of anilines is 1. The van der Waals surface area contributed by atoms with E-state index in [2.05, 4.69) is 17.0 Å². The maximum atomic E-state index is 13.9. The molecule has 5 heteroatoms. The number of imide groups is 1. The Morgan fingerprint density at radius 2 is 1.58 bits per heavy atom. The molecule has 1 fully saturated rings. The number of benzene rings is 2. The van der Waals surface area contributed by atoms with Crippen LogP contribution in [0.2, 0.25) is 0 Å².